The van der Waals surface area contributed by atoms with Crippen molar-refractivity contribution in [2.45, 2.75) is 51.0 Å². The zero-order valence-corrected chi connectivity index (χ0v) is 13.4. The van der Waals surface area contributed by atoms with Crippen LogP contribution in [0.4, 0.5) is 0 Å². The molecule has 5 nitrogen and oxygen atoms in total. The van der Waals surface area contributed by atoms with Crippen LogP contribution in [0.2, 0.25) is 0 Å². The molecule has 0 radical (unpaired) electrons. The highest BCUT2D eigenvalue weighted by atomic mass is 16.2. The van der Waals surface area contributed by atoms with Crippen molar-refractivity contribution in [2.75, 3.05) is 32.7 Å². The Labute approximate surface area is 132 Å². The van der Waals surface area contributed by atoms with Gasteiger partial charge < -0.3 is 10.2 Å². The van der Waals surface area contributed by atoms with E-state index in [1.54, 1.807) is 0 Å². The maximum absolute atomic E-state index is 12.6. The predicted molar refractivity (Wildman–Crippen MR) is 83.2 cm³/mol. The van der Waals surface area contributed by atoms with Gasteiger partial charge in [0, 0.05) is 38.6 Å². The van der Waals surface area contributed by atoms with Crippen molar-refractivity contribution in [2.24, 2.45) is 11.3 Å². The van der Waals surface area contributed by atoms with Gasteiger partial charge in [-0.15, -0.1) is 0 Å². The summed E-state index contributed by atoms with van der Waals surface area (Å²) in [5.74, 6) is 0.920. The molecule has 3 saturated heterocycles. The molecule has 4 rings (SSSR count). The normalized spacial score (nSPS) is 32.3. The summed E-state index contributed by atoms with van der Waals surface area (Å²) < 4.78 is 0. The average molecular weight is 305 g/mol. The lowest BCUT2D eigenvalue weighted by molar-refractivity contribution is -0.137. The Kier molecular flexibility index (Phi) is 3.63. The fourth-order valence-corrected chi connectivity index (χ4v) is 5.07. The number of piperazine rings is 1. The second-order valence-electron chi connectivity index (χ2n) is 7.79. The molecule has 1 spiro atoms. The van der Waals surface area contributed by atoms with E-state index in [-0.39, 0.29) is 17.4 Å². The van der Waals surface area contributed by atoms with Gasteiger partial charge in [0.15, 0.2) is 0 Å². The topological polar surface area (TPSA) is 52.7 Å². The molecule has 122 valence electrons. The van der Waals surface area contributed by atoms with Crippen molar-refractivity contribution < 1.29 is 9.59 Å². The molecule has 2 amide bonds. The smallest absolute Gasteiger partial charge is 0.237 e. The molecule has 0 aromatic rings. The maximum Gasteiger partial charge on any atom is 0.237 e. The highest BCUT2D eigenvalue weighted by Crippen LogP contribution is 2.44. The number of rotatable bonds is 1. The van der Waals surface area contributed by atoms with Crippen LogP contribution in [0, 0.1) is 11.3 Å². The summed E-state index contributed by atoms with van der Waals surface area (Å²) in [6.07, 6.45) is 7.77. The van der Waals surface area contributed by atoms with E-state index in [1.807, 2.05) is 0 Å². The zero-order valence-electron chi connectivity index (χ0n) is 13.4. The summed E-state index contributed by atoms with van der Waals surface area (Å²) >= 11 is 0. The van der Waals surface area contributed by atoms with Gasteiger partial charge in [0.05, 0.1) is 6.04 Å². The molecular weight excluding hydrogens is 278 g/mol. The van der Waals surface area contributed by atoms with Gasteiger partial charge in [-0.2, -0.15) is 0 Å². The number of hydrogen-bond donors (Lipinski definition) is 1. The van der Waals surface area contributed by atoms with Crippen LogP contribution in [0.1, 0.15) is 44.9 Å². The summed E-state index contributed by atoms with van der Waals surface area (Å²) in [5, 5.41) is 2.99. The first-order valence-corrected chi connectivity index (χ1v) is 8.97. The molecule has 0 aromatic heterocycles. The minimum atomic E-state index is 0.0887. The predicted octanol–water partition coefficient (Wildman–Crippen LogP) is 0.989. The molecule has 1 N–H and O–H groups in total. The van der Waals surface area contributed by atoms with Crippen LogP contribution in [0.3, 0.4) is 0 Å². The van der Waals surface area contributed by atoms with Crippen molar-refractivity contribution in [1.29, 1.82) is 0 Å². The molecule has 4 aliphatic rings. The van der Waals surface area contributed by atoms with Crippen LogP contribution in [0.25, 0.3) is 0 Å². The van der Waals surface area contributed by atoms with Gasteiger partial charge in [-0.1, -0.05) is 12.8 Å². The monoisotopic (exact) mass is 305 g/mol. The van der Waals surface area contributed by atoms with Crippen molar-refractivity contribution in [3.63, 3.8) is 0 Å². The maximum atomic E-state index is 12.6. The van der Waals surface area contributed by atoms with E-state index < -0.39 is 0 Å². The first-order valence-electron chi connectivity index (χ1n) is 8.97. The van der Waals surface area contributed by atoms with Crippen molar-refractivity contribution in [3.05, 3.63) is 0 Å². The van der Waals surface area contributed by atoms with E-state index >= 15 is 0 Å². The van der Waals surface area contributed by atoms with E-state index in [0.717, 1.165) is 64.8 Å². The molecule has 3 aliphatic heterocycles. The molecule has 4 fully saturated rings. The Morgan fingerprint density at radius 3 is 2.55 bits per heavy atom. The largest absolute Gasteiger partial charge is 0.353 e. The summed E-state index contributed by atoms with van der Waals surface area (Å²) in [5.41, 5.74) is 0.277. The fourth-order valence-electron chi connectivity index (χ4n) is 5.07. The Bertz CT molecular complexity index is 465. The Balaban J connectivity index is 1.37. The van der Waals surface area contributed by atoms with E-state index in [2.05, 4.69) is 15.1 Å². The quantitative estimate of drug-likeness (QED) is 0.786. The summed E-state index contributed by atoms with van der Waals surface area (Å²) in [4.78, 5) is 29.1. The van der Waals surface area contributed by atoms with Gasteiger partial charge in [-0.3, -0.25) is 14.5 Å². The van der Waals surface area contributed by atoms with Crippen LogP contribution in [0.5, 0.6) is 0 Å². The third-order valence-electron chi connectivity index (χ3n) is 6.45. The standard InChI is InChI=1S/C17H27N3O2/c21-15-14-11-17(12-20(14)10-7-18-15)5-8-19(9-6-17)16(22)13-3-1-2-4-13/h13-14H,1-12H2,(H,18,21). The molecule has 1 aliphatic carbocycles. The first-order chi connectivity index (χ1) is 10.7. The zero-order chi connectivity index (χ0) is 15.2. The number of carbonyl (C=O) groups is 2. The van der Waals surface area contributed by atoms with Gasteiger partial charge in [-0.05, 0) is 37.5 Å². The highest BCUT2D eigenvalue weighted by molar-refractivity contribution is 5.83. The van der Waals surface area contributed by atoms with Crippen molar-refractivity contribution >= 4 is 11.8 Å². The number of piperidine rings is 1. The highest BCUT2D eigenvalue weighted by Gasteiger charge is 2.49. The van der Waals surface area contributed by atoms with Gasteiger partial charge in [0.2, 0.25) is 11.8 Å². The molecule has 1 unspecified atom stereocenters. The number of carbonyl (C=O) groups excluding carboxylic acids is 2. The SMILES string of the molecule is O=C1NCCN2CC3(CCN(C(=O)C4CCCC4)CC3)CC12. The van der Waals surface area contributed by atoms with Gasteiger partial charge in [0.1, 0.15) is 0 Å². The Hall–Kier alpha value is -1.10. The van der Waals surface area contributed by atoms with Crippen molar-refractivity contribution in [1.82, 2.24) is 15.1 Å². The third-order valence-corrected chi connectivity index (χ3v) is 6.45. The van der Waals surface area contributed by atoms with Crippen LogP contribution in [-0.2, 0) is 9.59 Å². The van der Waals surface area contributed by atoms with Crippen LogP contribution in [0.15, 0.2) is 0 Å². The number of hydrogen-bond acceptors (Lipinski definition) is 3. The van der Waals surface area contributed by atoms with Crippen LogP contribution < -0.4 is 5.32 Å². The molecule has 0 bridgehead atoms. The number of fused-ring (bicyclic) bond motifs is 1. The summed E-state index contributed by atoms with van der Waals surface area (Å²) in [7, 11) is 0. The van der Waals surface area contributed by atoms with Gasteiger partial charge in [0.25, 0.3) is 0 Å². The van der Waals surface area contributed by atoms with E-state index in [0.29, 0.717) is 11.8 Å². The Morgan fingerprint density at radius 2 is 1.86 bits per heavy atom. The number of likely N-dealkylation sites (tertiary alicyclic amines) is 1. The van der Waals surface area contributed by atoms with Crippen molar-refractivity contribution in [3.8, 4) is 0 Å². The van der Waals surface area contributed by atoms with Crippen LogP contribution >= 0.6 is 0 Å². The molecule has 1 saturated carbocycles. The van der Waals surface area contributed by atoms with E-state index in [9.17, 15) is 9.59 Å². The minimum absolute atomic E-state index is 0.0887. The van der Waals surface area contributed by atoms with Crippen LogP contribution in [-0.4, -0.2) is 60.4 Å². The first kappa shape index (κ1) is 14.5. The molecule has 5 heteroatoms. The molecule has 0 aromatic carbocycles. The minimum Gasteiger partial charge on any atom is -0.353 e. The number of nitrogens with zero attached hydrogens (tertiary/aromatic N) is 2. The summed E-state index contributed by atoms with van der Waals surface area (Å²) in [6.45, 7) is 4.63. The lowest BCUT2D eigenvalue weighted by Crippen LogP contribution is -2.52. The molecule has 3 heterocycles. The Morgan fingerprint density at radius 1 is 1.14 bits per heavy atom. The second kappa shape index (κ2) is 5.52. The molecular formula is C17H27N3O2. The lowest BCUT2D eigenvalue weighted by Gasteiger charge is -2.40. The molecule has 1 atom stereocenters. The van der Waals surface area contributed by atoms with Gasteiger partial charge >= 0.3 is 0 Å². The lowest BCUT2D eigenvalue weighted by atomic mass is 9.76. The van der Waals surface area contributed by atoms with Gasteiger partial charge in [-0.25, -0.2) is 0 Å². The number of amides is 2. The van der Waals surface area contributed by atoms with E-state index in [4.69, 9.17) is 0 Å². The third kappa shape index (κ3) is 2.43. The fraction of sp³-hybridized carbons (Fsp3) is 0.882. The molecule has 22 heavy (non-hydrogen) atoms. The van der Waals surface area contributed by atoms with E-state index in [1.165, 1.54) is 12.8 Å². The second-order valence-corrected chi connectivity index (χ2v) is 7.79. The summed E-state index contributed by atoms with van der Waals surface area (Å²) in [6, 6.07) is 0.0887. The average Bonchev–Trinajstić information content (AvgIpc) is 3.16. The number of nitrogens with one attached hydrogen (secondary N) is 1.